The number of nitrogens with zero attached hydrogens (tertiary/aromatic N) is 2. The van der Waals surface area contributed by atoms with Crippen molar-refractivity contribution in [3.8, 4) is 6.07 Å². The van der Waals surface area contributed by atoms with Gasteiger partial charge in [-0.2, -0.15) is 5.26 Å². The van der Waals surface area contributed by atoms with Crippen LogP contribution < -0.4 is 0 Å². The summed E-state index contributed by atoms with van der Waals surface area (Å²) >= 11 is 0. The maximum atomic E-state index is 14.7. The van der Waals surface area contributed by atoms with Gasteiger partial charge in [-0.25, -0.2) is 4.39 Å². The van der Waals surface area contributed by atoms with Gasteiger partial charge in [0.25, 0.3) is 0 Å². The van der Waals surface area contributed by atoms with Gasteiger partial charge in [-0.05, 0) is 50.0 Å². The summed E-state index contributed by atoms with van der Waals surface area (Å²) in [6.07, 6.45) is 3.02. The number of halogens is 1. The van der Waals surface area contributed by atoms with Crippen LogP contribution in [0.1, 0.15) is 38.3 Å². The zero-order valence-electron chi connectivity index (χ0n) is 16.7. The Bertz CT molecular complexity index is 803. The fourth-order valence-electron chi connectivity index (χ4n) is 3.40. The molecular weight excluding hydrogens is 359 g/mol. The number of esters is 1. The molecule has 0 amide bonds. The minimum atomic E-state index is -1.02. The first-order valence-corrected chi connectivity index (χ1v) is 9.69. The summed E-state index contributed by atoms with van der Waals surface area (Å²) in [6.45, 7) is 8.61. The van der Waals surface area contributed by atoms with E-state index in [4.69, 9.17) is 9.47 Å². The van der Waals surface area contributed by atoms with Crippen molar-refractivity contribution in [1.82, 2.24) is 4.90 Å². The second-order valence-corrected chi connectivity index (χ2v) is 8.39. The molecule has 1 aromatic carbocycles. The van der Waals surface area contributed by atoms with Crippen molar-refractivity contribution in [2.24, 2.45) is 5.92 Å². The Kier molecular flexibility index (Phi) is 6.17. The highest BCUT2D eigenvalue weighted by molar-refractivity contribution is 5.76. The Labute approximate surface area is 165 Å². The van der Waals surface area contributed by atoms with Crippen molar-refractivity contribution < 1.29 is 18.7 Å². The fraction of sp³-hybridized carbons (Fsp3) is 0.545. The molecule has 0 bridgehead atoms. The lowest BCUT2D eigenvalue weighted by atomic mass is 9.94. The van der Waals surface area contributed by atoms with Crippen LogP contribution in [0.2, 0.25) is 0 Å². The molecule has 0 aromatic heterocycles. The number of hydrogen-bond acceptors (Lipinski definition) is 5. The summed E-state index contributed by atoms with van der Waals surface area (Å²) in [5.74, 6) is -2.03. The SMILES string of the molecule is CC(C)(C)OC(=O)[C@H](C#N)Cc1ccc(C2=CCN(C3COC3)CC2)cc1F. The van der Waals surface area contributed by atoms with E-state index in [1.165, 1.54) is 6.07 Å². The second kappa shape index (κ2) is 8.42. The Balaban J connectivity index is 1.66. The molecule has 6 heteroatoms. The maximum absolute atomic E-state index is 14.7. The van der Waals surface area contributed by atoms with Crippen molar-refractivity contribution in [3.05, 3.63) is 41.2 Å². The van der Waals surface area contributed by atoms with Gasteiger partial charge < -0.3 is 9.47 Å². The topological polar surface area (TPSA) is 62.6 Å². The lowest BCUT2D eigenvalue weighted by Gasteiger charge is -2.38. The number of nitriles is 1. The molecule has 2 aliphatic heterocycles. The van der Waals surface area contributed by atoms with E-state index in [9.17, 15) is 14.4 Å². The van der Waals surface area contributed by atoms with E-state index in [-0.39, 0.29) is 6.42 Å². The standard InChI is InChI=1S/C22H27FN2O3/c1-22(2,3)28-21(26)18(12-24)10-17-5-4-16(11-20(17)23)15-6-8-25(9-7-15)19-13-27-14-19/h4-6,11,18-19H,7-10,13-14H2,1-3H3/t18-/m0/s1. The quantitative estimate of drug-likeness (QED) is 0.727. The van der Waals surface area contributed by atoms with Crippen LogP contribution in [0.3, 0.4) is 0 Å². The average Bonchev–Trinajstić information content (AvgIpc) is 2.58. The summed E-state index contributed by atoms with van der Waals surface area (Å²) in [5, 5.41) is 9.30. The molecule has 0 N–H and O–H groups in total. The molecule has 28 heavy (non-hydrogen) atoms. The van der Waals surface area contributed by atoms with Gasteiger partial charge >= 0.3 is 5.97 Å². The van der Waals surface area contributed by atoms with Crippen LogP contribution in [0, 0.1) is 23.1 Å². The molecule has 1 fully saturated rings. The van der Waals surface area contributed by atoms with Gasteiger partial charge in [0, 0.05) is 19.5 Å². The molecule has 2 heterocycles. The third-order valence-corrected chi connectivity index (χ3v) is 5.07. The first kappa shape index (κ1) is 20.5. The highest BCUT2D eigenvalue weighted by atomic mass is 19.1. The largest absolute Gasteiger partial charge is 0.459 e. The van der Waals surface area contributed by atoms with Crippen molar-refractivity contribution >= 4 is 11.5 Å². The number of rotatable bonds is 5. The van der Waals surface area contributed by atoms with E-state index in [0.29, 0.717) is 11.6 Å². The van der Waals surface area contributed by atoms with Crippen molar-refractivity contribution in [2.75, 3.05) is 26.3 Å². The number of carbonyl (C=O) groups is 1. The van der Waals surface area contributed by atoms with Crippen molar-refractivity contribution in [1.29, 1.82) is 5.26 Å². The molecular formula is C22H27FN2O3. The molecule has 150 valence electrons. The van der Waals surface area contributed by atoms with Crippen LogP contribution in [0.4, 0.5) is 4.39 Å². The van der Waals surface area contributed by atoms with Crippen molar-refractivity contribution in [2.45, 2.75) is 45.3 Å². The molecule has 0 aliphatic carbocycles. The molecule has 0 radical (unpaired) electrons. The summed E-state index contributed by atoms with van der Waals surface area (Å²) in [7, 11) is 0. The number of ether oxygens (including phenoxy) is 2. The fourth-order valence-corrected chi connectivity index (χ4v) is 3.40. The predicted octanol–water partition coefficient (Wildman–Crippen LogP) is 3.34. The molecule has 2 aliphatic rings. The van der Waals surface area contributed by atoms with Gasteiger partial charge in [0.2, 0.25) is 0 Å². The van der Waals surface area contributed by atoms with Crippen LogP contribution in [0.5, 0.6) is 0 Å². The van der Waals surface area contributed by atoms with Gasteiger partial charge in [0.15, 0.2) is 0 Å². The van der Waals surface area contributed by atoms with Crippen LogP contribution in [0.25, 0.3) is 5.57 Å². The lowest BCUT2D eigenvalue weighted by molar-refractivity contribution is -0.157. The Hall–Kier alpha value is -2.23. The number of benzene rings is 1. The minimum absolute atomic E-state index is 0.00598. The first-order chi connectivity index (χ1) is 13.3. The summed E-state index contributed by atoms with van der Waals surface area (Å²) < 4.78 is 25.2. The van der Waals surface area contributed by atoms with E-state index in [0.717, 1.165) is 43.9 Å². The zero-order valence-corrected chi connectivity index (χ0v) is 16.7. The van der Waals surface area contributed by atoms with Crippen LogP contribution in [0.15, 0.2) is 24.3 Å². The Morgan fingerprint density at radius 1 is 1.43 bits per heavy atom. The van der Waals surface area contributed by atoms with Crippen LogP contribution in [-0.4, -0.2) is 48.8 Å². The zero-order chi connectivity index (χ0) is 20.3. The highest BCUT2D eigenvalue weighted by Crippen LogP contribution is 2.27. The third-order valence-electron chi connectivity index (χ3n) is 5.07. The van der Waals surface area contributed by atoms with E-state index >= 15 is 0 Å². The molecule has 3 rings (SSSR count). The van der Waals surface area contributed by atoms with E-state index in [1.807, 2.05) is 12.1 Å². The molecule has 0 saturated carbocycles. The van der Waals surface area contributed by atoms with E-state index in [1.54, 1.807) is 26.8 Å². The molecule has 0 unspecified atom stereocenters. The summed E-state index contributed by atoms with van der Waals surface area (Å²) in [6, 6.07) is 7.49. The van der Waals surface area contributed by atoms with Crippen molar-refractivity contribution in [3.63, 3.8) is 0 Å². The minimum Gasteiger partial charge on any atom is -0.459 e. The normalized spacial score (nSPS) is 19.3. The van der Waals surface area contributed by atoms with Gasteiger partial charge in [-0.15, -0.1) is 0 Å². The highest BCUT2D eigenvalue weighted by Gasteiger charge is 2.28. The molecule has 1 atom stereocenters. The van der Waals surface area contributed by atoms with E-state index in [2.05, 4.69) is 11.0 Å². The van der Waals surface area contributed by atoms with Crippen LogP contribution >= 0.6 is 0 Å². The smallest absolute Gasteiger partial charge is 0.324 e. The molecule has 0 spiro atoms. The molecule has 5 nitrogen and oxygen atoms in total. The number of carbonyl (C=O) groups excluding carboxylic acids is 1. The first-order valence-electron chi connectivity index (χ1n) is 9.69. The Morgan fingerprint density at radius 3 is 2.68 bits per heavy atom. The predicted molar refractivity (Wildman–Crippen MR) is 104 cm³/mol. The number of hydrogen-bond donors (Lipinski definition) is 0. The average molecular weight is 386 g/mol. The third kappa shape index (κ3) is 4.98. The monoisotopic (exact) mass is 386 g/mol. The van der Waals surface area contributed by atoms with Gasteiger partial charge in [0.1, 0.15) is 17.3 Å². The Morgan fingerprint density at radius 2 is 2.18 bits per heavy atom. The summed E-state index contributed by atoms with van der Waals surface area (Å²) in [5.41, 5.74) is 1.66. The van der Waals surface area contributed by atoms with Crippen LogP contribution in [-0.2, 0) is 20.7 Å². The summed E-state index contributed by atoms with van der Waals surface area (Å²) in [4.78, 5) is 14.5. The van der Waals surface area contributed by atoms with Gasteiger partial charge in [-0.1, -0.05) is 18.2 Å². The van der Waals surface area contributed by atoms with Gasteiger partial charge in [-0.3, -0.25) is 9.69 Å². The van der Waals surface area contributed by atoms with Gasteiger partial charge in [0.05, 0.1) is 25.3 Å². The molecule has 1 saturated heterocycles. The lowest BCUT2D eigenvalue weighted by Crippen LogP contribution is -2.50. The molecule has 1 aromatic rings. The van der Waals surface area contributed by atoms with E-state index < -0.39 is 23.3 Å². The maximum Gasteiger partial charge on any atom is 0.324 e. The second-order valence-electron chi connectivity index (χ2n) is 8.39.